The number of carbonyl (C=O) groups excluding carboxylic acids is 5. The summed E-state index contributed by atoms with van der Waals surface area (Å²) >= 11 is 0. The van der Waals surface area contributed by atoms with Gasteiger partial charge in [0, 0.05) is 49.8 Å². The summed E-state index contributed by atoms with van der Waals surface area (Å²) in [5.41, 5.74) is 0. The van der Waals surface area contributed by atoms with Crippen molar-refractivity contribution in [3.05, 3.63) is 24.3 Å². The number of hydrogen-bond donors (Lipinski definition) is 1. The predicted octanol–water partition coefficient (Wildman–Crippen LogP) is 2.08. The molecule has 5 unspecified atom stereocenters. The highest BCUT2D eigenvalue weighted by Crippen LogP contribution is 2.64. The Bertz CT molecular complexity index is 1160. The number of ether oxygens (including phenoxy) is 3. The second-order valence-electron chi connectivity index (χ2n) is 11.7. The highest BCUT2D eigenvalue weighted by atomic mass is 16.6. The van der Waals surface area contributed by atoms with Gasteiger partial charge in [-0.25, -0.2) is 4.79 Å². The highest BCUT2D eigenvalue weighted by Gasteiger charge is 2.70. The molecule has 7 atom stereocenters. The van der Waals surface area contributed by atoms with Crippen molar-refractivity contribution in [2.45, 2.75) is 70.5 Å². The molecule has 1 saturated heterocycles. The van der Waals surface area contributed by atoms with Crippen molar-refractivity contribution >= 4 is 35.6 Å². The second-order valence-corrected chi connectivity index (χ2v) is 11.7. The van der Waals surface area contributed by atoms with Crippen molar-refractivity contribution in [2.24, 2.45) is 29.6 Å². The summed E-state index contributed by atoms with van der Waals surface area (Å²) in [4.78, 5) is 61.0. The Morgan fingerprint density at radius 1 is 0.829 bits per heavy atom. The van der Waals surface area contributed by atoms with Gasteiger partial charge in [0.05, 0.1) is 37.6 Å². The molecule has 2 aliphatic carbocycles. The Labute approximate surface area is 239 Å². The van der Waals surface area contributed by atoms with Crippen molar-refractivity contribution in [3.8, 4) is 0 Å². The van der Waals surface area contributed by atoms with Crippen LogP contribution in [0.1, 0.15) is 58.3 Å². The fourth-order valence-electron chi connectivity index (χ4n) is 7.19. The summed E-state index contributed by atoms with van der Waals surface area (Å²) in [6.45, 7) is 3.56. The first-order chi connectivity index (χ1) is 19.8. The van der Waals surface area contributed by atoms with Crippen LogP contribution in [0.5, 0.6) is 0 Å². The van der Waals surface area contributed by atoms with E-state index in [1.165, 1.54) is 33.8 Å². The standard InChI is InChI=1S/C30H38N2O9/c1-18-27-19(16-39-25(37)8-4-2-6-14-31-21(33)10-11-22(31)34)20(28(18)30-29(27)41-30)17-40-26(38)9-5-3-7-15-32-23(35)12-13-24(32)36/h10-13,18-20,27-30H,2-9,14-17H2,1H3/p+1/t18-,19-,20?,27?,28?,29?,30?/m1/s1. The fraction of sp³-hybridized carbons (Fsp3) is 0.667. The summed E-state index contributed by atoms with van der Waals surface area (Å²) < 4.78 is 18.6. The zero-order valence-electron chi connectivity index (χ0n) is 23.4. The summed E-state index contributed by atoms with van der Waals surface area (Å²) in [6, 6.07) is 0. The topological polar surface area (TPSA) is 143 Å². The maximum Gasteiger partial charge on any atom is 0.415 e. The number of hydrogen-bond acceptors (Lipinski definition) is 8. The average molecular weight is 572 g/mol. The largest absolute Gasteiger partial charge is 0.465 e. The first-order valence-corrected chi connectivity index (χ1v) is 14.8. The van der Waals surface area contributed by atoms with Crippen LogP contribution in [0, 0.1) is 29.6 Å². The number of fused-ring (bicyclic) bond motifs is 5. The van der Waals surface area contributed by atoms with Crippen LogP contribution in [-0.4, -0.2) is 88.7 Å². The molecule has 2 saturated carbocycles. The molecule has 11 heteroatoms. The molecule has 0 aromatic carbocycles. The van der Waals surface area contributed by atoms with E-state index in [4.69, 9.17) is 14.2 Å². The lowest BCUT2D eigenvalue weighted by atomic mass is 9.80. The molecule has 3 amide bonds. The van der Waals surface area contributed by atoms with E-state index in [0.29, 0.717) is 69.6 Å². The molecule has 5 rings (SSSR count). The number of aliphatic hydroxyl groups is 1. The van der Waals surface area contributed by atoms with Crippen LogP contribution in [-0.2, 0) is 38.2 Å². The van der Waals surface area contributed by atoms with Gasteiger partial charge in [0.2, 0.25) is 0 Å². The lowest BCUT2D eigenvalue weighted by Crippen LogP contribution is -2.35. The van der Waals surface area contributed by atoms with Gasteiger partial charge in [0.1, 0.15) is 0 Å². The molecule has 3 aliphatic heterocycles. The number of esters is 2. The average Bonchev–Trinajstić information content (AvgIpc) is 3.37. The number of aliphatic hydroxyl groups excluding tert-OH is 1. The number of nitrogens with zero attached hydrogens (tertiary/aromatic N) is 2. The van der Waals surface area contributed by atoms with Gasteiger partial charge >= 0.3 is 23.7 Å². The van der Waals surface area contributed by atoms with E-state index in [1.807, 2.05) is 0 Å². The normalized spacial score (nSPS) is 31.0. The molecular weight excluding hydrogens is 532 g/mol. The van der Waals surface area contributed by atoms with Gasteiger partial charge in [0.15, 0.2) is 6.54 Å². The van der Waals surface area contributed by atoms with E-state index in [9.17, 15) is 29.1 Å². The number of epoxide rings is 1. The van der Waals surface area contributed by atoms with Gasteiger partial charge in [-0.1, -0.05) is 13.3 Å². The fourth-order valence-corrected chi connectivity index (χ4v) is 7.19. The molecule has 5 aliphatic rings. The summed E-state index contributed by atoms with van der Waals surface area (Å²) in [5.74, 6) is -0.187. The van der Waals surface area contributed by atoms with E-state index < -0.39 is 0 Å². The number of rotatable bonds is 16. The van der Waals surface area contributed by atoms with Crippen LogP contribution in [0.4, 0.5) is 0 Å². The minimum atomic E-state index is -0.290. The number of unbranched alkanes of at least 4 members (excludes halogenated alkanes) is 4. The number of carbonyl (C=O) groups is 5. The maximum absolute atomic E-state index is 12.5. The summed E-state index contributed by atoms with van der Waals surface area (Å²) in [5, 5.41) is 9.66. The van der Waals surface area contributed by atoms with Gasteiger partial charge in [0.25, 0.3) is 11.8 Å². The van der Waals surface area contributed by atoms with Crippen LogP contribution in [0.3, 0.4) is 0 Å². The van der Waals surface area contributed by atoms with E-state index in [-0.39, 0.29) is 79.1 Å². The molecule has 0 spiro atoms. The van der Waals surface area contributed by atoms with Gasteiger partial charge in [-0.05, 0) is 43.4 Å². The number of amides is 3. The molecule has 3 fully saturated rings. The van der Waals surface area contributed by atoms with Crippen molar-refractivity contribution in [1.82, 2.24) is 4.90 Å². The zero-order valence-corrected chi connectivity index (χ0v) is 23.4. The van der Waals surface area contributed by atoms with Gasteiger partial charge in [-0.3, -0.25) is 24.1 Å². The van der Waals surface area contributed by atoms with E-state index in [1.54, 1.807) is 0 Å². The van der Waals surface area contributed by atoms with Crippen molar-refractivity contribution in [3.63, 3.8) is 0 Å². The van der Waals surface area contributed by atoms with Crippen LogP contribution >= 0.6 is 0 Å². The first-order valence-electron chi connectivity index (χ1n) is 14.8. The summed E-state index contributed by atoms with van der Waals surface area (Å²) in [6.07, 6.45) is 10.3. The molecule has 3 heterocycles. The molecular formula is C30H39N2O9+. The second kappa shape index (κ2) is 12.7. The monoisotopic (exact) mass is 571 g/mol. The van der Waals surface area contributed by atoms with E-state index >= 15 is 0 Å². The predicted molar refractivity (Wildman–Crippen MR) is 143 cm³/mol. The Balaban J connectivity index is 0.988. The maximum atomic E-state index is 12.5. The molecule has 222 valence electrons. The minimum Gasteiger partial charge on any atom is -0.465 e. The van der Waals surface area contributed by atoms with Crippen molar-refractivity contribution in [1.29, 1.82) is 0 Å². The third-order valence-corrected chi connectivity index (χ3v) is 9.29. The number of imide groups is 1. The third-order valence-electron chi connectivity index (χ3n) is 9.29. The minimum absolute atomic E-state index is 0.0417. The Hall–Kier alpha value is -3.34. The van der Waals surface area contributed by atoms with Crippen LogP contribution in [0.2, 0.25) is 0 Å². The quantitative estimate of drug-likeness (QED) is 0.0968. The molecule has 0 aromatic heterocycles. The van der Waals surface area contributed by atoms with Crippen molar-refractivity contribution < 1.29 is 47.9 Å². The zero-order chi connectivity index (χ0) is 29.1. The highest BCUT2D eigenvalue weighted by molar-refractivity contribution is 6.12. The Morgan fingerprint density at radius 2 is 1.39 bits per heavy atom. The lowest BCUT2D eigenvalue weighted by Gasteiger charge is -2.28. The van der Waals surface area contributed by atoms with Gasteiger partial charge in [-0.15, -0.1) is 4.58 Å². The SMILES string of the molecule is C[C@H]1C2C3OC3C1[C@H](COC(=O)CCCCCN1C(=O)C=CC1=O)C2COC(=O)CCCCC[N+]1=C(O)C=CC1=O. The molecule has 0 radical (unpaired) electrons. The first kappa shape index (κ1) is 29.2. The van der Waals surface area contributed by atoms with Gasteiger partial charge in [-0.2, -0.15) is 0 Å². The molecule has 2 bridgehead atoms. The Morgan fingerprint density at radius 3 is 1.93 bits per heavy atom. The van der Waals surface area contributed by atoms with E-state index in [2.05, 4.69) is 6.92 Å². The van der Waals surface area contributed by atoms with Crippen LogP contribution < -0.4 is 0 Å². The molecule has 1 N–H and O–H groups in total. The third kappa shape index (κ3) is 6.45. The van der Waals surface area contributed by atoms with E-state index in [0.717, 1.165) is 6.42 Å². The lowest BCUT2D eigenvalue weighted by molar-refractivity contribution is -0.449. The molecule has 11 nitrogen and oxygen atoms in total. The van der Waals surface area contributed by atoms with Gasteiger partial charge < -0.3 is 19.3 Å². The molecule has 41 heavy (non-hydrogen) atoms. The molecule has 0 aromatic rings. The van der Waals surface area contributed by atoms with Crippen LogP contribution in [0.25, 0.3) is 0 Å². The smallest absolute Gasteiger partial charge is 0.415 e. The van der Waals surface area contributed by atoms with Crippen molar-refractivity contribution in [2.75, 3.05) is 26.3 Å². The Kier molecular flexibility index (Phi) is 9.01. The summed E-state index contributed by atoms with van der Waals surface area (Å²) in [7, 11) is 0. The van der Waals surface area contributed by atoms with Crippen LogP contribution in [0.15, 0.2) is 24.3 Å².